The summed E-state index contributed by atoms with van der Waals surface area (Å²) in [5.41, 5.74) is 0. The molecule has 2 heterocycles. The van der Waals surface area contributed by atoms with E-state index in [0.717, 1.165) is 26.1 Å². The van der Waals surface area contributed by atoms with Gasteiger partial charge in [0.1, 0.15) is 12.1 Å². The molecular weight excluding hydrogens is 254 g/mol. The minimum Gasteiger partial charge on any atom is -0.343 e. The summed E-state index contributed by atoms with van der Waals surface area (Å²) in [6, 6.07) is -0.646. The van der Waals surface area contributed by atoms with Crippen LogP contribution in [0.5, 0.6) is 0 Å². The molecule has 2 aliphatic heterocycles. The number of piperidine rings is 1. The van der Waals surface area contributed by atoms with Crippen molar-refractivity contribution in [1.82, 2.24) is 15.1 Å². The molecule has 0 aromatic carbocycles. The van der Waals surface area contributed by atoms with Crippen LogP contribution in [0.25, 0.3) is 0 Å². The van der Waals surface area contributed by atoms with E-state index in [0.29, 0.717) is 12.3 Å². The monoisotopic (exact) mass is 281 g/mol. The quantitative estimate of drug-likeness (QED) is 0.831. The highest BCUT2D eigenvalue weighted by Crippen LogP contribution is 2.21. The average molecular weight is 281 g/mol. The molecule has 0 aliphatic carbocycles. The van der Waals surface area contributed by atoms with Crippen molar-refractivity contribution in [3.63, 3.8) is 0 Å². The maximum Gasteiger partial charge on any atom is 0.245 e. The van der Waals surface area contributed by atoms with Crippen LogP contribution in [0.2, 0.25) is 0 Å². The summed E-state index contributed by atoms with van der Waals surface area (Å²) in [6.07, 6.45) is 4.10. The van der Waals surface area contributed by atoms with Gasteiger partial charge in [-0.3, -0.25) is 9.59 Å². The third-order valence-electron chi connectivity index (χ3n) is 4.77. The van der Waals surface area contributed by atoms with Crippen molar-refractivity contribution in [3.8, 4) is 0 Å². The number of piperazine rings is 1. The molecule has 0 bridgehead atoms. The second kappa shape index (κ2) is 6.57. The average Bonchev–Trinajstić information content (AvgIpc) is 2.44. The first-order valence-electron chi connectivity index (χ1n) is 7.82. The fourth-order valence-corrected chi connectivity index (χ4v) is 3.14. The van der Waals surface area contributed by atoms with E-state index >= 15 is 0 Å². The van der Waals surface area contributed by atoms with Crippen molar-refractivity contribution in [2.24, 2.45) is 5.92 Å². The van der Waals surface area contributed by atoms with Crippen LogP contribution < -0.4 is 5.32 Å². The van der Waals surface area contributed by atoms with E-state index in [1.165, 1.54) is 12.8 Å². The maximum absolute atomic E-state index is 12.3. The lowest BCUT2D eigenvalue weighted by atomic mass is 9.93. The molecule has 2 aliphatic rings. The van der Waals surface area contributed by atoms with Crippen LogP contribution in [0, 0.1) is 5.92 Å². The number of nitrogens with one attached hydrogen (secondary N) is 1. The first-order chi connectivity index (χ1) is 9.52. The van der Waals surface area contributed by atoms with Crippen LogP contribution in [0.4, 0.5) is 0 Å². The lowest BCUT2D eigenvalue weighted by Crippen LogP contribution is -2.62. The van der Waals surface area contributed by atoms with Gasteiger partial charge < -0.3 is 15.1 Å². The molecule has 0 radical (unpaired) electrons. The highest BCUT2D eigenvalue weighted by Gasteiger charge is 2.37. The SMILES string of the molecule is CCC1NC(=O)C(C)N(CCC2CCN(C)CC2)C1=O. The van der Waals surface area contributed by atoms with Crippen molar-refractivity contribution in [1.29, 1.82) is 0 Å². The highest BCUT2D eigenvalue weighted by atomic mass is 16.2. The lowest BCUT2D eigenvalue weighted by Gasteiger charge is -2.38. The highest BCUT2D eigenvalue weighted by molar-refractivity contribution is 5.96. The Balaban J connectivity index is 1.89. The number of amides is 2. The molecule has 2 fully saturated rings. The summed E-state index contributed by atoms with van der Waals surface area (Å²) in [6.45, 7) is 6.78. The zero-order chi connectivity index (χ0) is 14.7. The van der Waals surface area contributed by atoms with E-state index < -0.39 is 0 Å². The van der Waals surface area contributed by atoms with Crippen LogP contribution in [0.15, 0.2) is 0 Å². The summed E-state index contributed by atoms with van der Waals surface area (Å²) in [5, 5.41) is 2.80. The van der Waals surface area contributed by atoms with E-state index in [9.17, 15) is 9.59 Å². The predicted molar refractivity (Wildman–Crippen MR) is 78.2 cm³/mol. The number of likely N-dealkylation sites (tertiary alicyclic amines) is 1. The Hall–Kier alpha value is -1.10. The van der Waals surface area contributed by atoms with E-state index in [2.05, 4.69) is 17.3 Å². The Morgan fingerprint density at radius 3 is 2.50 bits per heavy atom. The van der Waals surface area contributed by atoms with Gasteiger partial charge in [-0.1, -0.05) is 6.92 Å². The van der Waals surface area contributed by atoms with Gasteiger partial charge in [-0.25, -0.2) is 0 Å². The van der Waals surface area contributed by atoms with Gasteiger partial charge in [0.2, 0.25) is 11.8 Å². The molecule has 1 N–H and O–H groups in total. The predicted octanol–water partition coefficient (Wildman–Crippen LogP) is 0.844. The van der Waals surface area contributed by atoms with Crippen LogP contribution in [0.3, 0.4) is 0 Å². The second-order valence-corrected chi connectivity index (χ2v) is 6.21. The Kier molecular flexibility index (Phi) is 5.02. The zero-order valence-electron chi connectivity index (χ0n) is 12.9. The Bertz CT molecular complexity index is 364. The molecule has 114 valence electrons. The summed E-state index contributed by atoms with van der Waals surface area (Å²) >= 11 is 0. The molecule has 0 saturated carbocycles. The number of hydrogen-bond acceptors (Lipinski definition) is 3. The number of carbonyl (C=O) groups excluding carboxylic acids is 2. The van der Waals surface area contributed by atoms with E-state index in [1.54, 1.807) is 4.90 Å². The first-order valence-corrected chi connectivity index (χ1v) is 7.82. The zero-order valence-corrected chi connectivity index (χ0v) is 12.9. The van der Waals surface area contributed by atoms with Gasteiger partial charge in [0, 0.05) is 6.54 Å². The molecule has 2 rings (SSSR count). The Labute approximate surface area is 121 Å². The normalized spacial score (nSPS) is 29.6. The minimum atomic E-state index is -0.323. The van der Waals surface area contributed by atoms with Crippen molar-refractivity contribution in [2.45, 2.75) is 51.6 Å². The van der Waals surface area contributed by atoms with Gasteiger partial charge in [-0.05, 0) is 58.7 Å². The number of carbonyl (C=O) groups is 2. The van der Waals surface area contributed by atoms with E-state index in [-0.39, 0.29) is 23.9 Å². The third kappa shape index (κ3) is 3.32. The molecule has 2 amide bonds. The number of hydrogen-bond donors (Lipinski definition) is 1. The van der Waals surface area contributed by atoms with Gasteiger partial charge in [0.25, 0.3) is 0 Å². The standard InChI is InChI=1S/C15H27N3O2/c1-4-13-15(20)18(11(2)14(19)16-13)10-7-12-5-8-17(3)9-6-12/h11-13H,4-10H2,1-3H3,(H,16,19). The number of rotatable bonds is 4. The minimum absolute atomic E-state index is 0.0140. The molecule has 20 heavy (non-hydrogen) atoms. The van der Waals surface area contributed by atoms with Gasteiger partial charge in [-0.2, -0.15) is 0 Å². The lowest BCUT2D eigenvalue weighted by molar-refractivity contribution is -0.148. The van der Waals surface area contributed by atoms with Crippen molar-refractivity contribution in [3.05, 3.63) is 0 Å². The summed E-state index contributed by atoms with van der Waals surface area (Å²) < 4.78 is 0. The molecule has 5 heteroatoms. The smallest absolute Gasteiger partial charge is 0.245 e. The first kappa shape index (κ1) is 15.3. The van der Waals surface area contributed by atoms with Gasteiger partial charge in [-0.15, -0.1) is 0 Å². The van der Waals surface area contributed by atoms with Crippen molar-refractivity contribution >= 4 is 11.8 Å². The maximum atomic E-state index is 12.3. The molecule has 0 aromatic heterocycles. The molecule has 2 atom stereocenters. The molecular formula is C15H27N3O2. The van der Waals surface area contributed by atoms with Gasteiger partial charge >= 0.3 is 0 Å². The molecule has 5 nitrogen and oxygen atoms in total. The third-order valence-corrected chi connectivity index (χ3v) is 4.77. The molecule has 0 spiro atoms. The number of nitrogens with zero attached hydrogens (tertiary/aromatic N) is 2. The molecule has 2 unspecified atom stereocenters. The van der Waals surface area contributed by atoms with Crippen LogP contribution in [-0.2, 0) is 9.59 Å². The second-order valence-electron chi connectivity index (χ2n) is 6.21. The van der Waals surface area contributed by atoms with Crippen LogP contribution in [-0.4, -0.2) is 60.4 Å². The Morgan fingerprint density at radius 2 is 1.90 bits per heavy atom. The van der Waals surface area contributed by atoms with Crippen molar-refractivity contribution in [2.75, 3.05) is 26.7 Å². The van der Waals surface area contributed by atoms with Crippen LogP contribution >= 0.6 is 0 Å². The topological polar surface area (TPSA) is 52.7 Å². The molecule has 2 saturated heterocycles. The summed E-state index contributed by atoms with van der Waals surface area (Å²) in [7, 11) is 2.16. The van der Waals surface area contributed by atoms with Gasteiger partial charge in [0.15, 0.2) is 0 Å². The van der Waals surface area contributed by atoms with Crippen LogP contribution in [0.1, 0.15) is 39.5 Å². The van der Waals surface area contributed by atoms with E-state index in [4.69, 9.17) is 0 Å². The van der Waals surface area contributed by atoms with Gasteiger partial charge in [0.05, 0.1) is 0 Å². The fraction of sp³-hybridized carbons (Fsp3) is 0.867. The summed E-state index contributed by atoms with van der Waals surface area (Å²) in [5.74, 6) is 0.767. The molecule has 0 aromatic rings. The van der Waals surface area contributed by atoms with Crippen molar-refractivity contribution < 1.29 is 9.59 Å². The fourth-order valence-electron chi connectivity index (χ4n) is 3.14. The summed E-state index contributed by atoms with van der Waals surface area (Å²) in [4.78, 5) is 28.4. The Morgan fingerprint density at radius 1 is 1.25 bits per heavy atom. The van der Waals surface area contributed by atoms with E-state index in [1.807, 2.05) is 13.8 Å². The largest absolute Gasteiger partial charge is 0.343 e.